The van der Waals surface area contributed by atoms with Crippen molar-refractivity contribution in [2.75, 3.05) is 20.7 Å². The van der Waals surface area contributed by atoms with E-state index in [9.17, 15) is 4.79 Å². The first-order chi connectivity index (χ1) is 8.25. The number of rotatable bonds is 5. The monoisotopic (exact) mass is 271 g/mol. The fourth-order valence-electron chi connectivity index (χ4n) is 1.22. The van der Waals surface area contributed by atoms with Crippen LogP contribution in [0, 0.1) is 0 Å². The molecule has 1 rings (SSSR count). The van der Waals surface area contributed by atoms with E-state index in [1.165, 1.54) is 6.07 Å². The standard InChI is InChI=1S/C13H18ClNO3/c1-13(2,15(3)4)8-18-10-7-5-6-9(14)11(10)12(16)17/h5-7H,8H2,1-4H3,(H,16,17). The first-order valence-corrected chi connectivity index (χ1v) is 5.95. The van der Waals surface area contributed by atoms with Crippen molar-refractivity contribution in [3.63, 3.8) is 0 Å². The number of hydrogen-bond donors (Lipinski definition) is 1. The van der Waals surface area contributed by atoms with Gasteiger partial charge in [0.1, 0.15) is 17.9 Å². The van der Waals surface area contributed by atoms with E-state index in [0.717, 1.165) is 0 Å². The van der Waals surface area contributed by atoms with Gasteiger partial charge in [-0.25, -0.2) is 4.79 Å². The highest BCUT2D eigenvalue weighted by Crippen LogP contribution is 2.27. The second-order valence-electron chi connectivity index (χ2n) is 4.91. The molecule has 0 aromatic heterocycles. The molecule has 0 aliphatic heterocycles. The minimum Gasteiger partial charge on any atom is -0.491 e. The molecule has 0 saturated carbocycles. The van der Waals surface area contributed by atoms with Crippen molar-refractivity contribution >= 4 is 17.6 Å². The van der Waals surface area contributed by atoms with Gasteiger partial charge in [0.15, 0.2) is 0 Å². The molecule has 18 heavy (non-hydrogen) atoms. The number of ether oxygens (including phenoxy) is 1. The van der Waals surface area contributed by atoms with Gasteiger partial charge < -0.3 is 14.7 Å². The average Bonchev–Trinajstić information content (AvgIpc) is 2.25. The molecule has 0 radical (unpaired) electrons. The molecule has 0 atom stereocenters. The van der Waals surface area contributed by atoms with Gasteiger partial charge in [0, 0.05) is 5.54 Å². The van der Waals surface area contributed by atoms with Crippen molar-refractivity contribution in [3.05, 3.63) is 28.8 Å². The maximum absolute atomic E-state index is 11.1. The molecule has 0 unspecified atom stereocenters. The zero-order valence-electron chi connectivity index (χ0n) is 11.0. The molecule has 0 amide bonds. The van der Waals surface area contributed by atoms with Crippen molar-refractivity contribution in [1.82, 2.24) is 4.90 Å². The van der Waals surface area contributed by atoms with Gasteiger partial charge in [-0.1, -0.05) is 17.7 Å². The van der Waals surface area contributed by atoms with Crippen LogP contribution in [0.4, 0.5) is 0 Å². The van der Waals surface area contributed by atoms with Crippen LogP contribution in [0.15, 0.2) is 18.2 Å². The van der Waals surface area contributed by atoms with Crippen LogP contribution in [-0.4, -0.2) is 42.2 Å². The van der Waals surface area contributed by atoms with E-state index < -0.39 is 5.97 Å². The van der Waals surface area contributed by atoms with Gasteiger partial charge in [0.05, 0.1) is 5.02 Å². The van der Waals surface area contributed by atoms with E-state index in [2.05, 4.69) is 0 Å². The van der Waals surface area contributed by atoms with Gasteiger partial charge >= 0.3 is 5.97 Å². The molecule has 0 spiro atoms. The van der Waals surface area contributed by atoms with E-state index in [1.807, 2.05) is 32.8 Å². The Labute approximate surface area is 112 Å². The summed E-state index contributed by atoms with van der Waals surface area (Å²) in [4.78, 5) is 13.1. The Hall–Kier alpha value is -1.26. The number of likely N-dealkylation sites (N-methyl/N-ethyl adjacent to an activating group) is 1. The van der Waals surface area contributed by atoms with E-state index >= 15 is 0 Å². The Morgan fingerprint density at radius 2 is 2.06 bits per heavy atom. The maximum Gasteiger partial charge on any atom is 0.341 e. The summed E-state index contributed by atoms with van der Waals surface area (Å²) in [5.74, 6) is -0.789. The van der Waals surface area contributed by atoms with Crippen LogP contribution < -0.4 is 4.74 Å². The van der Waals surface area contributed by atoms with E-state index in [4.69, 9.17) is 21.4 Å². The molecular formula is C13H18ClNO3. The summed E-state index contributed by atoms with van der Waals surface area (Å²) in [5.41, 5.74) is -0.188. The van der Waals surface area contributed by atoms with Gasteiger partial charge in [0.25, 0.3) is 0 Å². The lowest BCUT2D eigenvalue weighted by Gasteiger charge is -2.32. The third-order valence-electron chi connectivity index (χ3n) is 2.98. The third-order valence-corrected chi connectivity index (χ3v) is 3.30. The summed E-state index contributed by atoms with van der Waals surface area (Å²) < 4.78 is 5.60. The maximum atomic E-state index is 11.1. The average molecular weight is 272 g/mol. The number of hydrogen-bond acceptors (Lipinski definition) is 3. The van der Waals surface area contributed by atoms with Crippen LogP contribution in [0.5, 0.6) is 5.75 Å². The lowest BCUT2D eigenvalue weighted by Crippen LogP contribution is -2.43. The highest BCUT2D eigenvalue weighted by atomic mass is 35.5. The molecule has 0 saturated heterocycles. The molecule has 1 aromatic rings. The molecule has 0 heterocycles. The second kappa shape index (κ2) is 5.59. The van der Waals surface area contributed by atoms with Crippen molar-refractivity contribution in [3.8, 4) is 5.75 Å². The highest BCUT2D eigenvalue weighted by Gasteiger charge is 2.23. The summed E-state index contributed by atoms with van der Waals surface area (Å²) in [6.45, 7) is 4.40. The molecule has 4 nitrogen and oxygen atoms in total. The predicted octanol–water partition coefficient (Wildman–Crippen LogP) is 2.76. The van der Waals surface area contributed by atoms with Crippen LogP contribution in [0.1, 0.15) is 24.2 Å². The Bertz CT molecular complexity index is 444. The zero-order valence-corrected chi connectivity index (χ0v) is 11.8. The molecule has 0 fully saturated rings. The number of carboxylic acid groups (broad SMARTS) is 1. The molecule has 5 heteroatoms. The fourth-order valence-corrected chi connectivity index (χ4v) is 1.46. The molecule has 0 aliphatic rings. The minimum absolute atomic E-state index is 0.00808. The predicted molar refractivity (Wildman–Crippen MR) is 71.7 cm³/mol. The summed E-state index contributed by atoms with van der Waals surface area (Å²) in [5, 5.41) is 9.29. The Morgan fingerprint density at radius 1 is 1.44 bits per heavy atom. The van der Waals surface area contributed by atoms with Crippen molar-refractivity contribution in [2.45, 2.75) is 19.4 Å². The molecular weight excluding hydrogens is 254 g/mol. The van der Waals surface area contributed by atoms with Gasteiger partial charge in [-0.15, -0.1) is 0 Å². The normalized spacial score (nSPS) is 11.7. The first kappa shape index (κ1) is 14.8. The number of carboxylic acids is 1. The Morgan fingerprint density at radius 3 is 2.56 bits per heavy atom. The molecule has 0 bridgehead atoms. The molecule has 0 aliphatic carbocycles. The van der Waals surface area contributed by atoms with E-state index in [-0.39, 0.29) is 16.1 Å². The van der Waals surface area contributed by atoms with Gasteiger partial charge in [0.2, 0.25) is 0 Å². The number of benzene rings is 1. The lowest BCUT2D eigenvalue weighted by molar-refractivity contribution is 0.0684. The summed E-state index contributed by atoms with van der Waals surface area (Å²) in [6, 6.07) is 4.82. The number of nitrogens with zero attached hydrogens (tertiary/aromatic N) is 1. The summed E-state index contributed by atoms with van der Waals surface area (Å²) in [7, 11) is 3.89. The van der Waals surface area contributed by atoms with Crippen molar-refractivity contribution in [1.29, 1.82) is 0 Å². The molecule has 100 valence electrons. The summed E-state index contributed by atoms with van der Waals surface area (Å²) in [6.07, 6.45) is 0. The van der Waals surface area contributed by atoms with Crippen molar-refractivity contribution < 1.29 is 14.6 Å². The Kier molecular flexibility index (Phi) is 4.59. The van der Waals surface area contributed by atoms with E-state index in [0.29, 0.717) is 12.4 Å². The zero-order chi connectivity index (χ0) is 13.9. The third kappa shape index (κ3) is 3.37. The van der Waals surface area contributed by atoms with Gasteiger partial charge in [-0.2, -0.15) is 0 Å². The lowest BCUT2D eigenvalue weighted by atomic mass is 10.1. The van der Waals surface area contributed by atoms with Crippen LogP contribution in [-0.2, 0) is 0 Å². The van der Waals surface area contributed by atoms with Gasteiger partial charge in [-0.3, -0.25) is 0 Å². The van der Waals surface area contributed by atoms with E-state index in [1.54, 1.807) is 12.1 Å². The fraction of sp³-hybridized carbons (Fsp3) is 0.462. The van der Waals surface area contributed by atoms with Crippen LogP contribution in [0.2, 0.25) is 5.02 Å². The largest absolute Gasteiger partial charge is 0.491 e. The smallest absolute Gasteiger partial charge is 0.341 e. The number of halogens is 1. The van der Waals surface area contributed by atoms with Crippen LogP contribution in [0.3, 0.4) is 0 Å². The quantitative estimate of drug-likeness (QED) is 0.895. The SMILES string of the molecule is CN(C)C(C)(C)COc1cccc(Cl)c1C(=O)O. The van der Waals surface area contributed by atoms with Crippen molar-refractivity contribution in [2.24, 2.45) is 0 Å². The topological polar surface area (TPSA) is 49.8 Å². The highest BCUT2D eigenvalue weighted by molar-refractivity contribution is 6.33. The van der Waals surface area contributed by atoms with Gasteiger partial charge in [-0.05, 0) is 40.1 Å². The first-order valence-electron chi connectivity index (χ1n) is 5.58. The Balaban J connectivity index is 2.92. The molecule has 1 aromatic carbocycles. The molecule has 1 N–H and O–H groups in total. The minimum atomic E-state index is -1.08. The number of aromatic carboxylic acids is 1. The van der Waals surface area contributed by atoms with Crippen LogP contribution in [0.25, 0.3) is 0 Å². The number of carbonyl (C=O) groups is 1. The summed E-state index contributed by atoms with van der Waals surface area (Å²) >= 11 is 5.87. The second-order valence-corrected chi connectivity index (χ2v) is 5.32. The van der Waals surface area contributed by atoms with Crippen LogP contribution >= 0.6 is 11.6 Å².